The van der Waals surface area contributed by atoms with Gasteiger partial charge in [-0.1, -0.05) is 6.42 Å². The number of piperidine rings is 1. The van der Waals surface area contributed by atoms with Crippen LogP contribution in [-0.2, 0) is 0 Å². The van der Waals surface area contributed by atoms with E-state index in [9.17, 15) is 4.79 Å². The largest absolute Gasteiger partial charge is 0.339 e. The molecule has 2 heterocycles. The van der Waals surface area contributed by atoms with Crippen molar-refractivity contribution >= 4 is 5.91 Å². The number of likely N-dealkylation sites (tertiary alicyclic amines) is 1. The van der Waals surface area contributed by atoms with Crippen LogP contribution >= 0.6 is 0 Å². The highest BCUT2D eigenvalue weighted by Crippen LogP contribution is 2.09. The minimum absolute atomic E-state index is 0.0572. The maximum absolute atomic E-state index is 12.1. The quantitative estimate of drug-likeness (QED) is 0.854. The molecule has 1 aliphatic rings. The van der Waals surface area contributed by atoms with Crippen LogP contribution in [0.15, 0.2) is 0 Å². The Morgan fingerprint density at radius 1 is 1.33 bits per heavy atom. The van der Waals surface area contributed by atoms with E-state index in [1.807, 2.05) is 7.05 Å². The number of aromatic amines is 1. The number of hydrogen-bond donors (Lipinski definition) is 1. The lowest BCUT2D eigenvalue weighted by Gasteiger charge is -2.28. The average molecular weight is 251 g/mol. The minimum atomic E-state index is -0.0572. The molecular weight excluding hydrogens is 230 g/mol. The molecule has 1 aliphatic heterocycles. The van der Waals surface area contributed by atoms with E-state index >= 15 is 0 Å². The van der Waals surface area contributed by atoms with Crippen molar-refractivity contribution in [3.63, 3.8) is 0 Å². The zero-order valence-corrected chi connectivity index (χ0v) is 11.1. The van der Waals surface area contributed by atoms with Crippen molar-refractivity contribution in [3.05, 3.63) is 11.4 Å². The van der Waals surface area contributed by atoms with Crippen LogP contribution in [-0.4, -0.2) is 64.3 Å². The highest BCUT2D eigenvalue weighted by molar-refractivity contribution is 5.92. The van der Waals surface area contributed by atoms with E-state index in [1.54, 1.807) is 11.8 Å². The molecule has 1 N–H and O–H groups in total. The lowest BCUT2D eigenvalue weighted by atomic mass is 10.1. The minimum Gasteiger partial charge on any atom is -0.339 e. The topological polar surface area (TPSA) is 65.1 Å². The first-order valence-corrected chi connectivity index (χ1v) is 6.53. The number of nitrogens with zero attached hydrogens (tertiary/aromatic N) is 4. The molecule has 0 aromatic carbocycles. The number of amides is 1. The van der Waals surface area contributed by atoms with Crippen LogP contribution in [0.2, 0.25) is 0 Å². The third-order valence-corrected chi connectivity index (χ3v) is 3.47. The van der Waals surface area contributed by atoms with Crippen LogP contribution in [0.1, 0.15) is 35.4 Å². The fourth-order valence-corrected chi connectivity index (χ4v) is 2.24. The maximum Gasteiger partial charge on any atom is 0.276 e. The van der Waals surface area contributed by atoms with E-state index in [2.05, 4.69) is 20.3 Å². The van der Waals surface area contributed by atoms with Gasteiger partial charge in [0.2, 0.25) is 0 Å². The molecule has 0 atom stereocenters. The van der Waals surface area contributed by atoms with Gasteiger partial charge in [-0.05, 0) is 32.9 Å². The summed E-state index contributed by atoms with van der Waals surface area (Å²) in [7, 11) is 1.82. The number of rotatable bonds is 4. The van der Waals surface area contributed by atoms with E-state index in [4.69, 9.17) is 0 Å². The molecule has 6 nitrogen and oxygen atoms in total. The van der Waals surface area contributed by atoms with Gasteiger partial charge in [-0.15, -0.1) is 0 Å². The summed E-state index contributed by atoms with van der Waals surface area (Å²) in [5, 5.41) is 10.2. The molecular formula is C12H21N5O. The van der Waals surface area contributed by atoms with E-state index in [-0.39, 0.29) is 5.91 Å². The number of carbonyl (C=O) groups is 1. The molecule has 0 unspecified atom stereocenters. The van der Waals surface area contributed by atoms with Gasteiger partial charge in [0.25, 0.3) is 5.91 Å². The van der Waals surface area contributed by atoms with Gasteiger partial charge >= 0.3 is 0 Å². The lowest BCUT2D eigenvalue weighted by molar-refractivity contribution is 0.0766. The van der Waals surface area contributed by atoms with Gasteiger partial charge in [0.1, 0.15) is 0 Å². The molecule has 2 rings (SSSR count). The van der Waals surface area contributed by atoms with Crippen LogP contribution in [0.3, 0.4) is 0 Å². The second kappa shape index (κ2) is 5.95. The van der Waals surface area contributed by atoms with Crippen molar-refractivity contribution in [1.82, 2.24) is 25.2 Å². The predicted octanol–water partition coefficient (Wildman–Crippen LogP) is 0.671. The van der Waals surface area contributed by atoms with Crippen molar-refractivity contribution in [2.75, 3.05) is 33.2 Å². The van der Waals surface area contributed by atoms with E-state index in [1.165, 1.54) is 19.3 Å². The molecule has 0 aliphatic carbocycles. The van der Waals surface area contributed by atoms with Gasteiger partial charge in [0.05, 0.1) is 5.69 Å². The Kier molecular flexibility index (Phi) is 4.30. The zero-order valence-electron chi connectivity index (χ0n) is 11.1. The summed E-state index contributed by atoms with van der Waals surface area (Å²) < 4.78 is 0. The van der Waals surface area contributed by atoms with E-state index in [0.29, 0.717) is 11.4 Å². The van der Waals surface area contributed by atoms with E-state index < -0.39 is 0 Å². The lowest BCUT2D eigenvalue weighted by Crippen LogP contribution is -2.38. The summed E-state index contributed by atoms with van der Waals surface area (Å²) in [6.45, 7) is 5.79. The Balaban J connectivity index is 1.82. The molecule has 1 aromatic heterocycles. The maximum atomic E-state index is 12.1. The number of H-pyrrole nitrogens is 1. The third kappa shape index (κ3) is 3.07. The molecule has 18 heavy (non-hydrogen) atoms. The molecule has 0 saturated carbocycles. The van der Waals surface area contributed by atoms with E-state index in [0.717, 1.165) is 26.2 Å². The van der Waals surface area contributed by atoms with Crippen molar-refractivity contribution in [3.8, 4) is 0 Å². The summed E-state index contributed by atoms with van der Waals surface area (Å²) in [5.74, 6) is -0.0572. The van der Waals surface area contributed by atoms with Gasteiger partial charge in [-0.25, -0.2) is 0 Å². The van der Waals surface area contributed by atoms with Gasteiger partial charge in [0, 0.05) is 20.1 Å². The van der Waals surface area contributed by atoms with Crippen LogP contribution in [0, 0.1) is 6.92 Å². The fraction of sp³-hybridized carbons (Fsp3) is 0.750. The fourth-order valence-electron chi connectivity index (χ4n) is 2.24. The van der Waals surface area contributed by atoms with Crippen molar-refractivity contribution in [2.24, 2.45) is 0 Å². The standard InChI is InChI=1S/C12H21N5O/c1-10-11(14-15-13-10)12(18)16(2)8-9-17-6-4-3-5-7-17/h3-9H2,1-2H3,(H,13,14,15). The molecule has 100 valence electrons. The van der Waals surface area contributed by atoms with Crippen LogP contribution in [0.25, 0.3) is 0 Å². The Hall–Kier alpha value is -1.43. The zero-order chi connectivity index (χ0) is 13.0. The van der Waals surface area contributed by atoms with Crippen LogP contribution in [0.5, 0.6) is 0 Å². The second-order valence-corrected chi connectivity index (χ2v) is 4.89. The summed E-state index contributed by atoms with van der Waals surface area (Å²) in [4.78, 5) is 16.2. The second-order valence-electron chi connectivity index (χ2n) is 4.89. The number of nitrogens with one attached hydrogen (secondary N) is 1. The highest BCUT2D eigenvalue weighted by Gasteiger charge is 2.18. The Bertz CT molecular complexity index is 397. The number of likely N-dealkylation sites (N-methyl/N-ethyl adjacent to an activating group) is 1. The van der Waals surface area contributed by atoms with Gasteiger partial charge in [0.15, 0.2) is 5.69 Å². The summed E-state index contributed by atoms with van der Waals surface area (Å²) in [6, 6.07) is 0. The molecule has 0 bridgehead atoms. The van der Waals surface area contributed by atoms with Crippen LogP contribution in [0.4, 0.5) is 0 Å². The van der Waals surface area contributed by atoms with Gasteiger partial charge < -0.3 is 9.80 Å². The average Bonchev–Trinajstić information content (AvgIpc) is 2.82. The number of carbonyl (C=O) groups excluding carboxylic acids is 1. The number of aryl methyl sites for hydroxylation is 1. The normalized spacial score (nSPS) is 16.8. The van der Waals surface area contributed by atoms with Gasteiger partial charge in [-0.3, -0.25) is 4.79 Å². The first-order valence-electron chi connectivity index (χ1n) is 6.53. The molecule has 0 radical (unpaired) electrons. The molecule has 1 aromatic rings. The Morgan fingerprint density at radius 2 is 2.06 bits per heavy atom. The van der Waals surface area contributed by atoms with Crippen molar-refractivity contribution in [1.29, 1.82) is 0 Å². The molecule has 6 heteroatoms. The third-order valence-electron chi connectivity index (χ3n) is 3.47. The summed E-state index contributed by atoms with van der Waals surface area (Å²) in [5.41, 5.74) is 1.08. The number of hydrogen-bond acceptors (Lipinski definition) is 4. The van der Waals surface area contributed by atoms with Crippen molar-refractivity contribution in [2.45, 2.75) is 26.2 Å². The molecule has 1 saturated heterocycles. The molecule has 0 spiro atoms. The Morgan fingerprint density at radius 3 is 2.67 bits per heavy atom. The molecule has 1 amide bonds. The Labute approximate surface area is 107 Å². The predicted molar refractivity (Wildman–Crippen MR) is 68.4 cm³/mol. The monoisotopic (exact) mass is 251 g/mol. The molecule has 1 fully saturated rings. The summed E-state index contributed by atoms with van der Waals surface area (Å²) >= 11 is 0. The highest BCUT2D eigenvalue weighted by atomic mass is 16.2. The smallest absolute Gasteiger partial charge is 0.276 e. The van der Waals surface area contributed by atoms with Crippen LogP contribution < -0.4 is 0 Å². The summed E-state index contributed by atoms with van der Waals surface area (Å²) in [6.07, 6.45) is 3.89. The SMILES string of the molecule is Cc1n[nH]nc1C(=O)N(C)CCN1CCCCC1. The van der Waals surface area contributed by atoms with Crippen molar-refractivity contribution < 1.29 is 4.79 Å². The van der Waals surface area contributed by atoms with Gasteiger partial charge in [-0.2, -0.15) is 15.4 Å². The first-order chi connectivity index (χ1) is 8.68. The number of aromatic nitrogens is 3. The first kappa shape index (κ1) is 13.0.